The van der Waals surface area contributed by atoms with Gasteiger partial charge in [0, 0.05) is 9.79 Å². The van der Waals surface area contributed by atoms with Gasteiger partial charge in [-0.25, -0.2) is 9.59 Å². The summed E-state index contributed by atoms with van der Waals surface area (Å²) in [5.41, 5.74) is 0. The average molecular weight is 318 g/mol. The summed E-state index contributed by atoms with van der Waals surface area (Å²) in [6.07, 6.45) is 0. The molecule has 2 heterocycles. The maximum atomic E-state index is 10.9. The molecule has 8 heteroatoms. The van der Waals surface area contributed by atoms with Gasteiger partial charge in [0.25, 0.3) is 0 Å². The van der Waals surface area contributed by atoms with Crippen molar-refractivity contribution in [2.45, 2.75) is 9.79 Å². The molecule has 0 radical (unpaired) electrons. The van der Waals surface area contributed by atoms with Crippen LogP contribution in [-0.2, 0) is 0 Å². The minimum atomic E-state index is -0.961. The average Bonchev–Trinajstić information content (AvgIpc) is 2.94. The first kappa shape index (κ1) is 13.5. The second-order valence-electron chi connectivity index (χ2n) is 3.00. The van der Waals surface area contributed by atoms with Crippen molar-refractivity contribution in [1.29, 1.82) is 0 Å². The van der Waals surface area contributed by atoms with Gasteiger partial charge in [-0.3, -0.25) is 0 Å². The first-order valence-corrected chi connectivity index (χ1v) is 8.46. The van der Waals surface area contributed by atoms with Crippen molar-refractivity contribution in [3.63, 3.8) is 0 Å². The Morgan fingerprint density at radius 1 is 0.889 bits per heavy atom. The molecule has 0 aliphatic carbocycles. The number of carboxylic acid groups (broad SMARTS) is 2. The Hall–Kier alpha value is -0.960. The molecule has 4 nitrogen and oxygen atoms in total. The number of hydrogen-bond acceptors (Lipinski definition) is 6. The predicted octanol–water partition coefficient (Wildman–Crippen LogP) is 4.01. The van der Waals surface area contributed by atoms with Crippen molar-refractivity contribution in [2.75, 3.05) is 0 Å². The van der Waals surface area contributed by atoms with Crippen molar-refractivity contribution in [2.24, 2.45) is 0 Å². The van der Waals surface area contributed by atoms with Crippen molar-refractivity contribution in [3.8, 4) is 0 Å². The molecule has 0 aliphatic heterocycles. The molecule has 0 aliphatic rings. The van der Waals surface area contributed by atoms with E-state index in [0.717, 1.165) is 22.7 Å². The summed E-state index contributed by atoms with van der Waals surface area (Å²) < 4.78 is 0. The lowest BCUT2D eigenvalue weighted by molar-refractivity contribution is 0.0688. The van der Waals surface area contributed by atoms with E-state index in [1.165, 1.54) is 21.6 Å². The quantitative estimate of drug-likeness (QED) is 0.812. The zero-order valence-electron chi connectivity index (χ0n) is 8.65. The van der Waals surface area contributed by atoms with Gasteiger partial charge in [-0.05, 0) is 22.9 Å². The summed E-state index contributed by atoms with van der Waals surface area (Å²) in [6, 6.07) is 3.44. The lowest BCUT2D eigenvalue weighted by Crippen LogP contribution is -1.93. The van der Waals surface area contributed by atoms with Gasteiger partial charge in [0.05, 0.1) is 0 Å². The molecule has 0 saturated carbocycles. The number of carbonyl (C=O) groups is 2. The number of thiophene rings is 2. The molecule has 0 amide bonds. The summed E-state index contributed by atoms with van der Waals surface area (Å²) >= 11 is 2.32. The fraction of sp³-hybridized carbons (Fsp3) is 0. The van der Waals surface area contributed by atoms with Crippen molar-refractivity contribution in [1.82, 2.24) is 0 Å². The van der Waals surface area contributed by atoms with Crippen LogP contribution in [0.15, 0.2) is 32.7 Å². The molecule has 0 bridgehead atoms. The van der Waals surface area contributed by atoms with Crippen LogP contribution >= 0.6 is 44.3 Å². The van der Waals surface area contributed by atoms with E-state index >= 15 is 0 Å². The second-order valence-corrected chi connectivity index (χ2v) is 7.05. The van der Waals surface area contributed by atoms with Crippen LogP contribution in [0.3, 0.4) is 0 Å². The summed E-state index contributed by atoms with van der Waals surface area (Å²) in [7, 11) is 2.52. The number of carboxylic acids is 2. The fourth-order valence-electron chi connectivity index (χ4n) is 1.13. The van der Waals surface area contributed by atoms with E-state index in [1.54, 1.807) is 22.9 Å². The Kier molecular flexibility index (Phi) is 4.33. The van der Waals surface area contributed by atoms with Crippen LogP contribution in [-0.4, -0.2) is 22.2 Å². The second kappa shape index (κ2) is 5.79. The predicted molar refractivity (Wildman–Crippen MR) is 74.3 cm³/mol. The van der Waals surface area contributed by atoms with Crippen LogP contribution in [0, 0.1) is 0 Å². The maximum absolute atomic E-state index is 10.9. The Balaban J connectivity index is 2.12. The Morgan fingerprint density at radius 2 is 1.28 bits per heavy atom. The molecule has 0 saturated heterocycles. The molecule has 2 aromatic rings. The van der Waals surface area contributed by atoms with Crippen molar-refractivity contribution in [3.05, 3.63) is 32.6 Å². The van der Waals surface area contributed by atoms with Gasteiger partial charge in [0.1, 0.15) is 9.75 Å². The third-order valence-electron chi connectivity index (χ3n) is 1.87. The minimum absolute atomic E-state index is 0.277. The summed E-state index contributed by atoms with van der Waals surface area (Å²) in [5.74, 6) is -1.92. The van der Waals surface area contributed by atoms with E-state index in [1.807, 2.05) is 0 Å². The normalized spacial score (nSPS) is 10.4. The van der Waals surface area contributed by atoms with Crippen molar-refractivity contribution < 1.29 is 19.8 Å². The lowest BCUT2D eigenvalue weighted by atomic mass is 10.5. The third-order valence-corrected chi connectivity index (χ3v) is 6.38. The van der Waals surface area contributed by atoms with Crippen molar-refractivity contribution >= 4 is 56.2 Å². The van der Waals surface area contributed by atoms with E-state index in [9.17, 15) is 9.59 Å². The van der Waals surface area contributed by atoms with Crippen LogP contribution in [0.5, 0.6) is 0 Å². The third kappa shape index (κ3) is 2.89. The molecule has 2 aromatic heterocycles. The molecular weight excluding hydrogens is 312 g/mol. The highest BCUT2D eigenvalue weighted by Gasteiger charge is 2.16. The Labute approximate surface area is 118 Å². The van der Waals surface area contributed by atoms with Gasteiger partial charge in [-0.2, -0.15) is 0 Å². The number of rotatable bonds is 5. The summed E-state index contributed by atoms with van der Waals surface area (Å²) in [4.78, 5) is 23.7. The minimum Gasteiger partial charge on any atom is -0.477 e. The fourth-order valence-corrected chi connectivity index (χ4v) is 5.53. The summed E-state index contributed by atoms with van der Waals surface area (Å²) in [5, 5.41) is 21.3. The topological polar surface area (TPSA) is 74.6 Å². The van der Waals surface area contributed by atoms with Crippen LogP contribution in [0.25, 0.3) is 0 Å². The SMILES string of the molecule is O=C(O)c1sccc1SSc1ccsc1C(=O)O. The molecule has 2 rings (SSSR count). The van der Waals surface area contributed by atoms with E-state index in [4.69, 9.17) is 10.2 Å². The van der Waals surface area contributed by atoms with Gasteiger partial charge in [0.2, 0.25) is 0 Å². The molecule has 0 spiro atoms. The Morgan fingerprint density at radius 3 is 1.61 bits per heavy atom. The molecule has 18 heavy (non-hydrogen) atoms. The largest absolute Gasteiger partial charge is 0.477 e. The number of hydrogen-bond donors (Lipinski definition) is 2. The first-order valence-electron chi connectivity index (χ1n) is 4.55. The van der Waals surface area contributed by atoms with E-state index in [-0.39, 0.29) is 9.75 Å². The van der Waals surface area contributed by atoms with Crippen LogP contribution in [0.1, 0.15) is 19.3 Å². The molecule has 94 valence electrons. The highest BCUT2D eigenvalue weighted by Crippen LogP contribution is 2.43. The summed E-state index contributed by atoms with van der Waals surface area (Å²) in [6.45, 7) is 0. The molecule has 0 atom stereocenters. The zero-order valence-corrected chi connectivity index (χ0v) is 11.9. The van der Waals surface area contributed by atoms with E-state index in [2.05, 4.69) is 0 Å². The maximum Gasteiger partial charge on any atom is 0.347 e. The molecule has 2 N–H and O–H groups in total. The number of aromatic carboxylic acids is 2. The molecule has 0 fully saturated rings. The van der Waals surface area contributed by atoms with Gasteiger partial charge in [0.15, 0.2) is 0 Å². The molecule has 0 aromatic carbocycles. The van der Waals surface area contributed by atoms with E-state index < -0.39 is 11.9 Å². The van der Waals surface area contributed by atoms with E-state index in [0.29, 0.717) is 9.79 Å². The van der Waals surface area contributed by atoms with Crippen LogP contribution in [0.2, 0.25) is 0 Å². The lowest BCUT2D eigenvalue weighted by Gasteiger charge is -1.99. The van der Waals surface area contributed by atoms with Gasteiger partial charge >= 0.3 is 11.9 Å². The molecule has 0 unspecified atom stereocenters. The van der Waals surface area contributed by atoms with Gasteiger partial charge in [-0.15, -0.1) is 22.7 Å². The highest BCUT2D eigenvalue weighted by molar-refractivity contribution is 8.76. The highest BCUT2D eigenvalue weighted by atomic mass is 33.1. The zero-order chi connectivity index (χ0) is 13.1. The Bertz CT molecular complexity index is 534. The van der Waals surface area contributed by atoms with Crippen LogP contribution in [0.4, 0.5) is 0 Å². The standard InChI is InChI=1S/C10H6O4S4/c11-9(12)7-5(1-3-15-7)17-18-6-2-4-16-8(6)10(13)14/h1-4H,(H,11,12)(H,13,14). The monoisotopic (exact) mass is 318 g/mol. The van der Waals surface area contributed by atoms with Gasteiger partial charge in [-0.1, -0.05) is 21.6 Å². The van der Waals surface area contributed by atoms with Crippen LogP contribution < -0.4 is 0 Å². The van der Waals surface area contributed by atoms with Gasteiger partial charge < -0.3 is 10.2 Å². The smallest absolute Gasteiger partial charge is 0.347 e. The molecular formula is C10H6O4S4. The first-order chi connectivity index (χ1) is 8.59.